The van der Waals surface area contributed by atoms with Crippen LogP contribution in [0.5, 0.6) is 17.2 Å². The standard InChI is InChI=1S/C19H21NO3/c1-19-10-12-4-5-15(21)18(22)16(12)14-9-13(23-3)8-11(17(14)19)6-7-20(19)2/h4-5,8-9,21-22H,6-7,10H2,1-3H3. The summed E-state index contributed by atoms with van der Waals surface area (Å²) in [7, 11) is 3.82. The molecule has 0 amide bonds. The Hall–Kier alpha value is -2.20. The molecule has 0 aromatic heterocycles. The molecule has 0 fully saturated rings. The molecule has 1 aliphatic carbocycles. The molecule has 0 saturated heterocycles. The van der Waals surface area contributed by atoms with E-state index in [1.807, 2.05) is 12.1 Å². The number of phenolic OH excluding ortho intramolecular Hbond substituents is 2. The van der Waals surface area contributed by atoms with Crippen LogP contribution in [0.3, 0.4) is 0 Å². The van der Waals surface area contributed by atoms with Crippen LogP contribution >= 0.6 is 0 Å². The summed E-state index contributed by atoms with van der Waals surface area (Å²) in [5, 5.41) is 20.4. The number of hydrogen-bond acceptors (Lipinski definition) is 4. The summed E-state index contributed by atoms with van der Waals surface area (Å²) in [5.41, 5.74) is 5.19. The van der Waals surface area contributed by atoms with E-state index in [1.165, 1.54) is 11.1 Å². The summed E-state index contributed by atoms with van der Waals surface area (Å²) in [6, 6.07) is 7.58. The number of nitrogens with zero attached hydrogens (tertiary/aromatic N) is 1. The monoisotopic (exact) mass is 311 g/mol. The van der Waals surface area contributed by atoms with Crippen molar-refractivity contribution in [3.63, 3.8) is 0 Å². The molecule has 0 bridgehead atoms. The second-order valence-corrected chi connectivity index (χ2v) is 6.80. The number of ether oxygens (including phenoxy) is 1. The molecule has 2 N–H and O–H groups in total. The fourth-order valence-electron chi connectivity index (χ4n) is 4.21. The van der Waals surface area contributed by atoms with Crippen molar-refractivity contribution in [1.29, 1.82) is 0 Å². The third-order valence-electron chi connectivity index (χ3n) is 5.57. The number of likely N-dealkylation sites (N-methyl/N-ethyl adjacent to an activating group) is 1. The highest BCUT2D eigenvalue weighted by Crippen LogP contribution is 2.53. The molecule has 0 saturated carbocycles. The largest absolute Gasteiger partial charge is 0.504 e. The Morgan fingerprint density at radius 2 is 1.96 bits per heavy atom. The second-order valence-electron chi connectivity index (χ2n) is 6.80. The lowest BCUT2D eigenvalue weighted by Gasteiger charge is -2.48. The fourth-order valence-corrected chi connectivity index (χ4v) is 4.21. The van der Waals surface area contributed by atoms with Gasteiger partial charge in [0.05, 0.1) is 7.11 Å². The Kier molecular flexibility index (Phi) is 2.91. The molecule has 2 aromatic carbocycles. The smallest absolute Gasteiger partial charge is 0.165 e. The van der Waals surface area contributed by atoms with Gasteiger partial charge in [0.25, 0.3) is 0 Å². The molecular weight excluding hydrogens is 290 g/mol. The zero-order chi connectivity index (χ0) is 16.4. The molecule has 4 heteroatoms. The lowest BCUT2D eigenvalue weighted by Crippen LogP contribution is -2.49. The molecule has 0 radical (unpaired) electrons. The van der Waals surface area contributed by atoms with Crippen molar-refractivity contribution in [3.8, 4) is 28.4 Å². The van der Waals surface area contributed by atoms with E-state index in [0.717, 1.165) is 41.8 Å². The first kappa shape index (κ1) is 14.4. The van der Waals surface area contributed by atoms with Crippen LogP contribution in [0.1, 0.15) is 23.6 Å². The lowest BCUT2D eigenvalue weighted by atomic mass is 9.69. The van der Waals surface area contributed by atoms with Crippen molar-refractivity contribution < 1.29 is 14.9 Å². The number of hydrogen-bond donors (Lipinski definition) is 2. The van der Waals surface area contributed by atoms with Gasteiger partial charge in [0.15, 0.2) is 11.5 Å². The number of aromatic hydroxyl groups is 2. The summed E-state index contributed by atoms with van der Waals surface area (Å²) in [6.45, 7) is 3.25. The van der Waals surface area contributed by atoms with Crippen molar-refractivity contribution in [3.05, 3.63) is 41.0 Å². The van der Waals surface area contributed by atoms with Crippen LogP contribution in [0.25, 0.3) is 11.1 Å². The second kappa shape index (κ2) is 4.65. The maximum absolute atomic E-state index is 10.5. The SMILES string of the molecule is COc1cc2c3c(c1)-c1c(ccc(O)c1O)CC3(C)N(C)CC2. The predicted octanol–water partition coefficient (Wildman–Crippen LogP) is 3.03. The molecule has 1 atom stereocenters. The van der Waals surface area contributed by atoms with Gasteiger partial charge < -0.3 is 14.9 Å². The highest BCUT2D eigenvalue weighted by Gasteiger charge is 2.43. The zero-order valence-corrected chi connectivity index (χ0v) is 13.7. The number of phenols is 2. The maximum atomic E-state index is 10.5. The van der Waals surface area contributed by atoms with Gasteiger partial charge in [0, 0.05) is 17.6 Å². The van der Waals surface area contributed by atoms with Crippen molar-refractivity contribution in [1.82, 2.24) is 4.90 Å². The molecule has 0 spiro atoms. The third-order valence-corrected chi connectivity index (χ3v) is 5.57. The number of benzene rings is 2. The normalized spacial score (nSPS) is 22.4. The minimum atomic E-state index is -0.106. The molecule has 23 heavy (non-hydrogen) atoms. The summed E-state index contributed by atoms with van der Waals surface area (Å²) < 4.78 is 5.47. The first-order valence-electron chi connectivity index (χ1n) is 7.92. The van der Waals surface area contributed by atoms with Gasteiger partial charge >= 0.3 is 0 Å². The van der Waals surface area contributed by atoms with Gasteiger partial charge in [-0.05, 0) is 67.3 Å². The molecule has 120 valence electrons. The topological polar surface area (TPSA) is 52.9 Å². The van der Waals surface area contributed by atoms with Crippen LogP contribution in [-0.2, 0) is 18.4 Å². The third kappa shape index (κ3) is 1.81. The Balaban J connectivity index is 2.11. The molecule has 2 aromatic rings. The van der Waals surface area contributed by atoms with Gasteiger partial charge in [-0.1, -0.05) is 6.07 Å². The van der Waals surface area contributed by atoms with Crippen LogP contribution in [0.4, 0.5) is 0 Å². The lowest BCUT2D eigenvalue weighted by molar-refractivity contribution is 0.122. The van der Waals surface area contributed by atoms with E-state index in [9.17, 15) is 10.2 Å². The Morgan fingerprint density at radius 1 is 1.17 bits per heavy atom. The van der Waals surface area contributed by atoms with Gasteiger partial charge in [-0.15, -0.1) is 0 Å². The van der Waals surface area contributed by atoms with Crippen LogP contribution in [0, 0.1) is 0 Å². The number of fused-ring (bicyclic) bond motifs is 2. The summed E-state index contributed by atoms with van der Waals surface area (Å²) >= 11 is 0. The molecule has 1 heterocycles. The van der Waals surface area contributed by atoms with Gasteiger partial charge in [-0.2, -0.15) is 0 Å². The summed E-state index contributed by atoms with van der Waals surface area (Å²) in [4.78, 5) is 2.39. The van der Waals surface area contributed by atoms with Gasteiger partial charge in [-0.3, -0.25) is 4.90 Å². The highest BCUT2D eigenvalue weighted by atomic mass is 16.5. The average molecular weight is 311 g/mol. The summed E-state index contributed by atoms with van der Waals surface area (Å²) in [5.74, 6) is 0.683. The van der Waals surface area contributed by atoms with E-state index in [4.69, 9.17) is 4.74 Å². The van der Waals surface area contributed by atoms with Crippen LogP contribution < -0.4 is 4.74 Å². The molecule has 4 nitrogen and oxygen atoms in total. The average Bonchev–Trinajstić information content (AvgIpc) is 2.54. The van der Waals surface area contributed by atoms with E-state index in [2.05, 4.69) is 24.9 Å². The zero-order valence-electron chi connectivity index (χ0n) is 13.7. The van der Waals surface area contributed by atoms with Crippen LogP contribution in [0.15, 0.2) is 24.3 Å². The van der Waals surface area contributed by atoms with Gasteiger partial charge in [0.2, 0.25) is 0 Å². The minimum absolute atomic E-state index is 0.0340. The van der Waals surface area contributed by atoms with Crippen molar-refractivity contribution >= 4 is 0 Å². The molecular formula is C19H21NO3. The highest BCUT2D eigenvalue weighted by molar-refractivity contribution is 5.84. The number of rotatable bonds is 1. The van der Waals surface area contributed by atoms with E-state index in [1.54, 1.807) is 13.2 Å². The van der Waals surface area contributed by atoms with E-state index < -0.39 is 0 Å². The van der Waals surface area contributed by atoms with E-state index in [0.29, 0.717) is 0 Å². The van der Waals surface area contributed by atoms with E-state index in [-0.39, 0.29) is 17.0 Å². The maximum Gasteiger partial charge on any atom is 0.165 e. The van der Waals surface area contributed by atoms with Crippen LogP contribution in [0.2, 0.25) is 0 Å². The predicted molar refractivity (Wildman–Crippen MR) is 89.1 cm³/mol. The fraction of sp³-hybridized carbons (Fsp3) is 0.368. The molecule has 2 aliphatic rings. The first-order chi connectivity index (χ1) is 11.0. The van der Waals surface area contributed by atoms with E-state index >= 15 is 0 Å². The van der Waals surface area contributed by atoms with Crippen molar-refractivity contribution in [2.24, 2.45) is 0 Å². The summed E-state index contributed by atoms with van der Waals surface area (Å²) in [6.07, 6.45) is 1.78. The van der Waals surface area contributed by atoms with Gasteiger partial charge in [0.1, 0.15) is 5.75 Å². The molecule has 4 rings (SSSR count). The molecule has 1 unspecified atom stereocenters. The number of methoxy groups -OCH3 is 1. The quantitative estimate of drug-likeness (QED) is 0.795. The Labute approximate surface area is 135 Å². The molecule has 1 aliphatic heterocycles. The van der Waals surface area contributed by atoms with Crippen molar-refractivity contribution in [2.75, 3.05) is 20.7 Å². The Bertz CT molecular complexity index is 815. The van der Waals surface area contributed by atoms with Crippen LogP contribution in [-0.4, -0.2) is 35.8 Å². The van der Waals surface area contributed by atoms with Gasteiger partial charge in [-0.25, -0.2) is 0 Å². The Morgan fingerprint density at radius 3 is 2.70 bits per heavy atom. The minimum Gasteiger partial charge on any atom is -0.504 e. The first-order valence-corrected chi connectivity index (χ1v) is 7.92. The van der Waals surface area contributed by atoms with Crippen molar-refractivity contribution in [2.45, 2.75) is 25.3 Å².